The Morgan fingerprint density at radius 3 is 2.90 bits per heavy atom. The minimum atomic E-state index is 0.198. The van der Waals surface area contributed by atoms with Crippen molar-refractivity contribution in [2.75, 3.05) is 0 Å². The maximum Gasteiger partial charge on any atom is 0.134 e. The largest absolute Gasteiger partial charge is 0.464 e. The lowest BCUT2D eigenvalue weighted by atomic mass is 9.72. The van der Waals surface area contributed by atoms with Gasteiger partial charge in [-0.3, -0.25) is 11.3 Å². The summed E-state index contributed by atoms with van der Waals surface area (Å²) in [5.74, 6) is 7.28. The molecule has 3 heteroatoms. The third-order valence-corrected chi connectivity index (χ3v) is 4.95. The third kappa shape index (κ3) is 2.36. The molecule has 3 atom stereocenters. The number of rotatable bonds is 4. The second-order valence-corrected chi connectivity index (χ2v) is 5.95. The highest BCUT2D eigenvalue weighted by Gasteiger charge is 2.32. The first-order valence-corrected chi connectivity index (χ1v) is 7.77. The zero-order valence-electron chi connectivity index (χ0n) is 12.1. The number of hydrogen-bond donors (Lipinski definition) is 2. The smallest absolute Gasteiger partial charge is 0.134 e. The van der Waals surface area contributed by atoms with Gasteiger partial charge in [-0.15, -0.1) is 0 Å². The number of hydrazine groups is 1. The van der Waals surface area contributed by atoms with Gasteiger partial charge in [0.25, 0.3) is 0 Å². The van der Waals surface area contributed by atoms with Crippen LogP contribution >= 0.6 is 0 Å². The molecule has 20 heavy (non-hydrogen) atoms. The molecule has 1 aliphatic carbocycles. The summed E-state index contributed by atoms with van der Waals surface area (Å²) in [6.07, 6.45) is 8.38. The molecule has 0 spiro atoms. The van der Waals surface area contributed by atoms with Crippen LogP contribution in [0, 0.1) is 11.8 Å². The molecule has 2 aromatic rings. The summed E-state index contributed by atoms with van der Waals surface area (Å²) in [5, 5.41) is 1.19. The highest BCUT2D eigenvalue weighted by atomic mass is 16.3. The van der Waals surface area contributed by atoms with Gasteiger partial charge in [0.1, 0.15) is 5.58 Å². The van der Waals surface area contributed by atoms with Crippen molar-refractivity contribution in [2.45, 2.75) is 45.1 Å². The Hall–Kier alpha value is -1.32. The fraction of sp³-hybridized carbons (Fsp3) is 0.529. The maximum absolute atomic E-state index is 5.91. The number of nitrogens with two attached hydrogens (primary N) is 1. The standard InChI is InChI=1S/C17H24N2O/c1-2-12-7-3-4-8-13(12)17(19-18)15-11-20-16-10-6-5-9-14(15)16/h5-6,9-13,17,19H,2-4,7-8,18H2,1H3. The SMILES string of the molecule is CCC1CCCCC1C(NN)c1coc2ccccc12. The van der Waals surface area contributed by atoms with Crippen molar-refractivity contribution in [1.29, 1.82) is 0 Å². The summed E-state index contributed by atoms with van der Waals surface area (Å²) in [5.41, 5.74) is 5.24. The Morgan fingerprint density at radius 1 is 1.30 bits per heavy atom. The zero-order valence-corrected chi connectivity index (χ0v) is 12.1. The third-order valence-electron chi connectivity index (χ3n) is 4.95. The second-order valence-electron chi connectivity index (χ2n) is 5.95. The predicted molar refractivity (Wildman–Crippen MR) is 82.0 cm³/mol. The summed E-state index contributed by atoms with van der Waals surface area (Å²) >= 11 is 0. The molecule has 1 aliphatic rings. The van der Waals surface area contributed by atoms with Crippen molar-refractivity contribution in [1.82, 2.24) is 5.43 Å². The lowest BCUT2D eigenvalue weighted by Gasteiger charge is -2.36. The molecule has 108 valence electrons. The van der Waals surface area contributed by atoms with Gasteiger partial charge in [0.15, 0.2) is 0 Å². The van der Waals surface area contributed by atoms with Crippen LogP contribution in [0.1, 0.15) is 50.6 Å². The Labute approximate surface area is 120 Å². The van der Waals surface area contributed by atoms with Crippen LogP contribution in [0.3, 0.4) is 0 Å². The summed E-state index contributed by atoms with van der Waals surface area (Å²) in [6, 6.07) is 8.42. The molecule has 1 heterocycles. The summed E-state index contributed by atoms with van der Waals surface area (Å²) < 4.78 is 5.70. The molecule has 0 radical (unpaired) electrons. The number of furan rings is 1. The van der Waals surface area contributed by atoms with Crippen LogP contribution in [0.2, 0.25) is 0 Å². The Balaban J connectivity index is 1.96. The molecule has 1 aromatic carbocycles. The molecule has 3 nitrogen and oxygen atoms in total. The van der Waals surface area contributed by atoms with E-state index in [1.807, 2.05) is 18.4 Å². The molecule has 0 bridgehead atoms. The van der Waals surface area contributed by atoms with Crippen molar-refractivity contribution < 1.29 is 4.42 Å². The van der Waals surface area contributed by atoms with Gasteiger partial charge in [-0.1, -0.05) is 50.8 Å². The number of para-hydroxylation sites is 1. The minimum Gasteiger partial charge on any atom is -0.464 e. The van der Waals surface area contributed by atoms with E-state index in [0.717, 1.165) is 11.5 Å². The van der Waals surface area contributed by atoms with E-state index in [2.05, 4.69) is 24.5 Å². The van der Waals surface area contributed by atoms with E-state index in [1.165, 1.54) is 43.1 Å². The lowest BCUT2D eigenvalue weighted by Crippen LogP contribution is -2.38. The van der Waals surface area contributed by atoms with Crippen LogP contribution in [0.5, 0.6) is 0 Å². The average molecular weight is 272 g/mol. The van der Waals surface area contributed by atoms with E-state index in [4.69, 9.17) is 10.3 Å². The number of fused-ring (bicyclic) bond motifs is 1. The van der Waals surface area contributed by atoms with Crippen molar-refractivity contribution in [3.63, 3.8) is 0 Å². The summed E-state index contributed by atoms with van der Waals surface area (Å²) in [7, 11) is 0. The molecular formula is C17H24N2O. The Morgan fingerprint density at radius 2 is 2.10 bits per heavy atom. The van der Waals surface area contributed by atoms with Crippen molar-refractivity contribution in [2.24, 2.45) is 17.7 Å². The van der Waals surface area contributed by atoms with Gasteiger partial charge < -0.3 is 4.42 Å². The van der Waals surface area contributed by atoms with E-state index >= 15 is 0 Å². The summed E-state index contributed by atoms with van der Waals surface area (Å²) in [4.78, 5) is 0. The number of hydrogen-bond acceptors (Lipinski definition) is 3. The molecule has 1 aromatic heterocycles. The average Bonchev–Trinajstić information content (AvgIpc) is 2.93. The molecule has 0 saturated heterocycles. The quantitative estimate of drug-likeness (QED) is 0.649. The second kappa shape index (κ2) is 5.98. The van der Waals surface area contributed by atoms with Gasteiger partial charge in [-0.2, -0.15) is 0 Å². The molecule has 0 amide bonds. The van der Waals surface area contributed by atoms with Gasteiger partial charge in [-0.05, 0) is 24.3 Å². The van der Waals surface area contributed by atoms with E-state index in [9.17, 15) is 0 Å². The van der Waals surface area contributed by atoms with Crippen LogP contribution in [0.25, 0.3) is 11.0 Å². The maximum atomic E-state index is 5.91. The highest BCUT2D eigenvalue weighted by Crippen LogP contribution is 2.41. The highest BCUT2D eigenvalue weighted by molar-refractivity contribution is 5.81. The van der Waals surface area contributed by atoms with Crippen molar-refractivity contribution in [3.05, 3.63) is 36.1 Å². The first kappa shape index (κ1) is 13.7. The molecule has 3 N–H and O–H groups in total. The topological polar surface area (TPSA) is 51.2 Å². The zero-order chi connectivity index (χ0) is 13.9. The minimum absolute atomic E-state index is 0.198. The molecule has 3 rings (SSSR count). The first-order valence-electron chi connectivity index (χ1n) is 7.77. The Kier molecular flexibility index (Phi) is 4.08. The van der Waals surface area contributed by atoms with Gasteiger partial charge in [-0.25, -0.2) is 0 Å². The van der Waals surface area contributed by atoms with Crippen LogP contribution in [-0.4, -0.2) is 0 Å². The fourth-order valence-electron chi connectivity index (χ4n) is 3.87. The van der Waals surface area contributed by atoms with Gasteiger partial charge in [0.2, 0.25) is 0 Å². The fourth-order valence-corrected chi connectivity index (χ4v) is 3.87. The van der Waals surface area contributed by atoms with Crippen LogP contribution in [-0.2, 0) is 0 Å². The van der Waals surface area contributed by atoms with Gasteiger partial charge in [0.05, 0.1) is 12.3 Å². The van der Waals surface area contributed by atoms with Crippen molar-refractivity contribution >= 4 is 11.0 Å². The molecule has 0 aliphatic heterocycles. The number of benzene rings is 1. The van der Waals surface area contributed by atoms with Crippen molar-refractivity contribution in [3.8, 4) is 0 Å². The molecule has 3 unspecified atom stereocenters. The monoisotopic (exact) mass is 272 g/mol. The Bertz CT molecular complexity index is 563. The van der Waals surface area contributed by atoms with Gasteiger partial charge >= 0.3 is 0 Å². The van der Waals surface area contributed by atoms with Crippen LogP contribution in [0.15, 0.2) is 34.9 Å². The van der Waals surface area contributed by atoms with E-state index < -0.39 is 0 Å². The molecular weight excluding hydrogens is 248 g/mol. The molecule has 1 saturated carbocycles. The van der Waals surface area contributed by atoms with E-state index in [-0.39, 0.29) is 6.04 Å². The predicted octanol–water partition coefficient (Wildman–Crippen LogP) is 4.15. The lowest BCUT2D eigenvalue weighted by molar-refractivity contribution is 0.176. The normalized spacial score (nSPS) is 24.9. The first-order chi connectivity index (χ1) is 9.85. The summed E-state index contributed by atoms with van der Waals surface area (Å²) in [6.45, 7) is 2.30. The van der Waals surface area contributed by atoms with Crippen LogP contribution < -0.4 is 11.3 Å². The molecule has 1 fully saturated rings. The van der Waals surface area contributed by atoms with Crippen LogP contribution in [0.4, 0.5) is 0 Å². The van der Waals surface area contributed by atoms with E-state index in [1.54, 1.807) is 0 Å². The number of nitrogens with one attached hydrogen (secondary N) is 1. The van der Waals surface area contributed by atoms with Gasteiger partial charge in [0, 0.05) is 10.9 Å². The van der Waals surface area contributed by atoms with E-state index in [0.29, 0.717) is 5.92 Å².